The number of nitrogens with zero attached hydrogens (tertiary/aromatic N) is 2. The van der Waals surface area contributed by atoms with Crippen molar-refractivity contribution in [1.82, 2.24) is 4.90 Å². The third-order valence-electron chi connectivity index (χ3n) is 4.42. The van der Waals surface area contributed by atoms with E-state index in [1.165, 1.54) is 22.3 Å². The molecule has 0 N–H and O–H groups in total. The SMILES string of the molecule is [C]=C1N(c2c(C)cc(C)cc2C)C=CN1[C@@H](C)c1ccccc1. The van der Waals surface area contributed by atoms with Crippen LogP contribution in [0.1, 0.15) is 35.2 Å². The highest BCUT2D eigenvalue weighted by molar-refractivity contribution is 5.66. The van der Waals surface area contributed by atoms with Gasteiger partial charge in [0.1, 0.15) is 5.82 Å². The van der Waals surface area contributed by atoms with Gasteiger partial charge in [-0.05, 0) is 44.4 Å². The zero-order chi connectivity index (χ0) is 16.6. The molecule has 1 atom stereocenters. The van der Waals surface area contributed by atoms with E-state index in [1.54, 1.807) is 0 Å². The van der Waals surface area contributed by atoms with Crippen molar-refractivity contribution in [2.24, 2.45) is 0 Å². The van der Waals surface area contributed by atoms with Crippen LogP contribution in [-0.4, -0.2) is 4.90 Å². The lowest BCUT2D eigenvalue weighted by molar-refractivity contribution is 0.380. The highest BCUT2D eigenvalue weighted by atomic mass is 15.4. The highest BCUT2D eigenvalue weighted by Crippen LogP contribution is 2.36. The van der Waals surface area contributed by atoms with Crippen molar-refractivity contribution in [2.45, 2.75) is 33.7 Å². The normalized spacial score (nSPS) is 15.4. The first-order chi connectivity index (χ1) is 11.0. The van der Waals surface area contributed by atoms with Gasteiger partial charge in [0.05, 0.1) is 11.7 Å². The summed E-state index contributed by atoms with van der Waals surface area (Å²) in [5, 5.41) is 0. The van der Waals surface area contributed by atoms with Crippen molar-refractivity contribution >= 4 is 5.69 Å². The zero-order valence-corrected chi connectivity index (χ0v) is 14.2. The predicted molar refractivity (Wildman–Crippen MR) is 95.7 cm³/mol. The summed E-state index contributed by atoms with van der Waals surface area (Å²) >= 11 is 0. The second-order valence-electron chi connectivity index (χ2n) is 6.23. The van der Waals surface area contributed by atoms with Crippen LogP contribution < -0.4 is 4.90 Å². The van der Waals surface area contributed by atoms with Gasteiger partial charge < -0.3 is 9.80 Å². The molecule has 2 radical (unpaired) electrons. The second kappa shape index (κ2) is 5.96. The minimum absolute atomic E-state index is 0.135. The van der Waals surface area contributed by atoms with Crippen LogP contribution >= 0.6 is 0 Å². The Kier molecular flexibility index (Phi) is 3.99. The Balaban J connectivity index is 1.90. The fourth-order valence-corrected chi connectivity index (χ4v) is 3.34. The fourth-order valence-electron chi connectivity index (χ4n) is 3.34. The van der Waals surface area contributed by atoms with Crippen molar-refractivity contribution in [1.29, 1.82) is 0 Å². The lowest BCUT2D eigenvalue weighted by Gasteiger charge is -2.30. The summed E-state index contributed by atoms with van der Waals surface area (Å²) in [6.07, 6.45) is 3.99. The molecule has 0 amide bonds. The topological polar surface area (TPSA) is 6.48 Å². The molecule has 0 saturated heterocycles. The Bertz CT molecular complexity index is 736. The first-order valence-corrected chi connectivity index (χ1v) is 7.96. The Morgan fingerprint density at radius 3 is 2.13 bits per heavy atom. The van der Waals surface area contributed by atoms with Crippen LogP contribution in [-0.2, 0) is 0 Å². The largest absolute Gasteiger partial charge is 0.325 e. The van der Waals surface area contributed by atoms with Gasteiger partial charge in [-0.25, -0.2) is 0 Å². The number of hydrogen-bond donors (Lipinski definition) is 0. The molecule has 0 aliphatic carbocycles. The highest BCUT2D eigenvalue weighted by Gasteiger charge is 2.26. The molecular weight excluding hydrogens is 280 g/mol. The molecule has 2 nitrogen and oxygen atoms in total. The molecular formula is C21H22N2. The molecule has 2 heteroatoms. The summed E-state index contributed by atoms with van der Waals surface area (Å²) in [4.78, 5) is 3.98. The van der Waals surface area contributed by atoms with E-state index in [0.717, 1.165) is 5.69 Å². The average molecular weight is 302 g/mol. The molecule has 1 aliphatic heterocycles. The third kappa shape index (κ3) is 2.77. The van der Waals surface area contributed by atoms with Crippen molar-refractivity contribution in [3.63, 3.8) is 0 Å². The third-order valence-corrected chi connectivity index (χ3v) is 4.42. The van der Waals surface area contributed by atoms with Crippen LogP contribution in [0.4, 0.5) is 5.69 Å². The molecule has 116 valence electrons. The molecule has 0 aromatic heterocycles. The Hall–Kier alpha value is -2.48. The first-order valence-electron chi connectivity index (χ1n) is 7.96. The van der Waals surface area contributed by atoms with Gasteiger partial charge in [0.25, 0.3) is 0 Å². The van der Waals surface area contributed by atoms with Gasteiger partial charge in [-0.3, -0.25) is 0 Å². The van der Waals surface area contributed by atoms with Crippen LogP contribution in [0, 0.1) is 27.4 Å². The lowest BCUT2D eigenvalue weighted by atomic mass is 10.0. The van der Waals surface area contributed by atoms with Crippen molar-refractivity contribution in [2.75, 3.05) is 4.90 Å². The van der Waals surface area contributed by atoms with E-state index in [-0.39, 0.29) is 6.04 Å². The quantitative estimate of drug-likeness (QED) is 0.776. The molecule has 0 spiro atoms. The number of rotatable bonds is 3. The van der Waals surface area contributed by atoms with Crippen molar-refractivity contribution < 1.29 is 0 Å². The number of anilines is 1. The maximum Gasteiger partial charge on any atom is 0.126 e. The molecule has 2 aromatic carbocycles. The Labute approximate surface area is 139 Å². The number of hydrogen-bond acceptors (Lipinski definition) is 2. The maximum atomic E-state index is 8.62. The number of aryl methyl sites for hydroxylation is 3. The smallest absolute Gasteiger partial charge is 0.126 e. The van der Waals surface area contributed by atoms with Gasteiger partial charge in [-0.15, -0.1) is 0 Å². The summed E-state index contributed by atoms with van der Waals surface area (Å²) in [5.74, 6) is 0.497. The molecule has 23 heavy (non-hydrogen) atoms. The second-order valence-corrected chi connectivity index (χ2v) is 6.23. The maximum absolute atomic E-state index is 8.62. The summed E-state index contributed by atoms with van der Waals surface area (Å²) in [7, 11) is 0. The summed E-state index contributed by atoms with van der Waals surface area (Å²) in [5.41, 5.74) is 5.98. The minimum atomic E-state index is 0.135. The summed E-state index contributed by atoms with van der Waals surface area (Å²) in [6.45, 7) is 17.1. The van der Waals surface area contributed by atoms with Crippen LogP contribution in [0.3, 0.4) is 0 Å². The summed E-state index contributed by atoms with van der Waals surface area (Å²) < 4.78 is 0. The number of benzene rings is 2. The predicted octanol–water partition coefficient (Wildman–Crippen LogP) is 5.12. The van der Waals surface area contributed by atoms with E-state index in [4.69, 9.17) is 6.58 Å². The van der Waals surface area contributed by atoms with E-state index in [0.29, 0.717) is 5.82 Å². The van der Waals surface area contributed by atoms with Gasteiger partial charge in [-0.2, -0.15) is 0 Å². The molecule has 0 fully saturated rings. The van der Waals surface area contributed by atoms with Gasteiger partial charge in [-0.1, -0.05) is 48.0 Å². The fraction of sp³-hybridized carbons (Fsp3) is 0.238. The zero-order valence-electron chi connectivity index (χ0n) is 14.2. The molecule has 0 saturated carbocycles. The summed E-state index contributed by atoms with van der Waals surface area (Å²) in [6, 6.07) is 14.8. The van der Waals surface area contributed by atoms with Crippen molar-refractivity contribution in [3.05, 3.63) is 89.5 Å². The van der Waals surface area contributed by atoms with E-state index >= 15 is 0 Å². The standard InChI is InChI=1S/C21H22N2/c1-15-13-16(2)21(17(3)14-15)23-12-11-22(19(23)5)18(4)20-9-7-6-8-10-20/h6-14,18H,1-4H3/t18-/m0/s1. The lowest BCUT2D eigenvalue weighted by Crippen LogP contribution is -2.25. The van der Waals surface area contributed by atoms with Gasteiger partial charge in [0, 0.05) is 19.0 Å². The van der Waals surface area contributed by atoms with E-state index in [9.17, 15) is 0 Å². The van der Waals surface area contributed by atoms with Crippen molar-refractivity contribution in [3.8, 4) is 0 Å². The van der Waals surface area contributed by atoms with Crippen LogP contribution in [0.25, 0.3) is 0 Å². The molecule has 0 unspecified atom stereocenters. The minimum Gasteiger partial charge on any atom is -0.325 e. The molecule has 2 aromatic rings. The van der Waals surface area contributed by atoms with Crippen LogP contribution in [0.5, 0.6) is 0 Å². The molecule has 3 rings (SSSR count). The van der Waals surface area contributed by atoms with Crippen LogP contribution in [0.15, 0.2) is 60.7 Å². The first kappa shape index (κ1) is 15.4. The molecule has 1 aliphatic rings. The molecule has 0 bridgehead atoms. The average Bonchev–Trinajstić information content (AvgIpc) is 2.88. The Morgan fingerprint density at radius 1 is 0.913 bits per heavy atom. The Morgan fingerprint density at radius 2 is 1.52 bits per heavy atom. The van der Waals surface area contributed by atoms with E-state index in [1.807, 2.05) is 40.4 Å². The monoisotopic (exact) mass is 302 g/mol. The van der Waals surface area contributed by atoms with E-state index in [2.05, 4.69) is 52.0 Å². The van der Waals surface area contributed by atoms with Gasteiger partial charge in [0.2, 0.25) is 0 Å². The van der Waals surface area contributed by atoms with Crippen LogP contribution in [0.2, 0.25) is 0 Å². The van der Waals surface area contributed by atoms with Gasteiger partial charge >= 0.3 is 0 Å². The van der Waals surface area contributed by atoms with Gasteiger partial charge in [0.15, 0.2) is 0 Å². The van der Waals surface area contributed by atoms with E-state index < -0.39 is 0 Å². The molecule has 1 heterocycles.